The summed E-state index contributed by atoms with van der Waals surface area (Å²) >= 11 is 0. The van der Waals surface area contributed by atoms with Gasteiger partial charge in [-0.05, 0) is 48.8 Å². The number of amides is 1. The summed E-state index contributed by atoms with van der Waals surface area (Å²) in [5.74, 6) is 0.982. The van der Waals surface area contributed by atoms with Gasteiger partial charge in [0.2, 0.25) is 0 Å². The molecule has 0 unspecified atom stereocenters. The van der Waals surface area contributed by atoms with Crippen LogP contribution < -0.4 is 10.6 Å². The summed E-state index contributed by atoms with van der Waals surface area (Å²) in [5.41, 5.74) is 2.36. The molecule has 5 nitrogen and oxygen atoms in total. The molecule has 2 aliphatic rings. The maximum atomic E-state index is 12.1. The Morgan fingerprint density at radius 1 is 1.22 bits per heavy atom. The van der Waals surface area contributed by atoms with Crippen molar-refractivity contribution in [1.82, 2.24) is 15.5 Å². The molecule has 150 valence electrons. The topological polar surface area (TPSA) is 56.7 Å². The fraction of sp³-hybridized carbons (Fsp3) is 0.619. The zero-order valence-electron chi connectivity index (χ0n) is 16.6. The number of carbonyl (C=O) groups excluding carboxylic acids is 1. The van der Waals surface area contributed by atoms with E-state index in [1.54, 1.807) is 0 Å². The van der Waals surface area contributed by atoms with Crippen molar-refractivity contribution < 1.29 is 4.79 Å². The molecule has 0 bridgehead atoms. The lowest BCUT2D eigenvalue weighted by molar-refractivity contribution is 0.0953. The number of hydrogen-bond donors (Lipinski definition) is 2. The molecule has 1 aromatic carbocycles. The number of halogens is 1. The van der Waals surface area contributed by atoms with Gasteiger partial charge in [-0.25, -0.2) is 0 Å². The lowest BCUT2D eigenvalue weighted by atomic mass is 9.86. The van der Waals surface area contributed by atoms with Gasteiger partial charge in [-0.2, -0.15) is 0 Å². The van der Waals surface area contributed by atoms with Gasteiger partial charge in [0, 0.05) is 38.8 Å². The molecule has 2 fully saturated rings. The van der Waals surface area contributed by atoms with E-state index in [0.29, 0.717) is 18.5 Å². The van der Waals surface area contributed by atoms with E-state index >= 15 is 0 Å². The van der Waals surface area contributed by atoms with Gasteiger partial charge in [-0.3, -0.25) is 9.79 Å². The normalized spacial score (nSPS) is 18.4. The summed E-state index contributed by atoms with van der Waals surface area (Å²) in [5, 5.41) is 6.42. The molecule has 3 rings (SSSR count). The van der Waals surface area contributed by atoms with Crippen molar-refractivity contribution in [1.29, 1.82) is 0 Å². The highest BCUT2D eigenvalue weighted by Gasteiger charge is 2.41. The number of rotatable bonds is 5. The van der Waals surface area contributed by atoms with Gasteiger partial charge in [0.05, 0.1) is 0 Å². The molecule has 1 aromatic rings. The largest absolute Gasteiger partial charge is 0.352 e. The molecular weight excluding hydrogens is 451 g/mol. The van der Waals surface area contributed by atoms with Crippen molar-refractivity contribution in [2.45, 2.75) is 52.0 Å². The fourth-order valence-electron chi connectivity index (χ4n) is 4.33. The first kappa shape index (κ1) is 22.0. The molecule has 1 saturated carbocycles. The Labute approximate surface area is 180 Å². The third-order valence-electron chi connectivity index (χ3n) is 5.79. The van der Waals surface area contributed by atoms with Gasteiger partial charge in [0.15, 0.2) is 5.96 Å². The van der Waals surface area contributed by atoms with Crippen molar-refractivity contribution in [2.75, 3.05) is 26.7 Å². The van der Waals surface area contributed by atoms with E-state index in [4.69, 9.17) is 0 Å². The Bertz CT molecular complexity index is 655. The minimum Gasteiger partial charge on any atom is -0.352 e. The predicted molar refractivity (Wildman–Crippen MR) is 122 cm³/mol. The maximum Gasteiger partial charge on any atom is 0.251 e. The molecule has 6 heteroatoms. The van der Waals surface area contributed by atoms with Crippen molar-refractivity contribution in [3.05, 3.63) is 35.4 Å². The van der Waals surface area contributed by atoms with E-state index in [1.807, 2.05) is 25.2 Å². The molecule has 0 atom stereocenters. The second-order valence-electron chi connectivity index (χ2n) is 7.74. The lowest BCUT2D eigenvalue weighted by Crippen LogP contribution is -2.40. The second-order valence-corrected chi connectivity index (χ2v) is 7.74. The molecule has 2 N–H and O–H groups in total. The Morgan fingerprint density at radius 2 is 2.00 bits per heavy atom. The molecule has 0 aromatic heterocycles. The standard InChI is InChI=1S/C21H32N4O.HI/c1-3-12-23-19(26)18-8-6-7-17(14-18)15-24-20(22-2)25-13-11-21(16-25)9-4-5-10-21;/h6-8,14H,3-5,9-13,15-16H2,1-2H3,(H,22,24)(H,23,26);1H. The number of guanidine groups is 1. The molecule has 0 radical (unpaired) electrons. The molecule has 27 heavy (non-hydrogen) atoms. The highest BCUT2D eigenvalue weighted by molar-refractivity contribution is 14.0. The number of likely N-dealkylation sites (tertiary alicyclic amines) is 1. The third kappa shape index (κ3) is 5.59. The van der Waals surface area contributed by atoms with Crippen LogP contribution in [0.5, 0.6) is 0 Å². The number of hydrogen-bond acceptors (Lipinski definition) is 2. The van der Waals surface area contributed by atoms with Gasteiger partial charge in [-0.15, -0.1) is 24.0 Å². The number of nitrogens with one attached hydrogen (secondary N) is 2. The third-order valence-corrected chi connectivity index (χ3v) is 5.79. The number of nitrogens with zero attached hydrogens (tertiary/aromatic N) is 2. The quantitative estimate of drug-likeness (QED) is 0.380. The van der Waals surface area contributed by atoms with Crippen LogP contribution >= 0.6 is 24.0 Å². The van der Waals surface area contributed by atoms with Crippen LogP contribution in [-0.2, 0) is 6.54 Å². The molecule has 1 amide bonds. The second kappa shape index (κ2) is 10.3. The number of aliphatic imine (C=N–C) groups is 1. The average Bonchev–Trinajstić information content (AvgIpc) is 3.30. The molecule has 1 aliphatic heterocycles. The summed E-state index contributed by atoms with van der Waals surface area (Å²) in [4.78, 5) is 19.0. The Hall–Kier alpha value is -1.31. The van der Waals surface area contributed by atoms with Crippen molar-refractivity contribution >= 4 is 35.8 Å². The van der Waals surface area contributed by atoms with Crippen LogP contribution in [0.2, 0.25) is 0 Å². The van der Waals surface area contributed by atoms with E-state index in [2.05, 4.69) is 33.5 Å². The van der Waals surface area contributed by atoms with Crippen molar-refractivity contribution in [3.8, 4) is 0 Å². The van der Waals surface area contributed by atoms with Crippen LogP contribution in [-0.4, -0.2) is 43.4 Å². The SMILES string of the molecule is CCCNC(=O)c1cccc(CNC(=NC)N2CCC3(CCCC3)C2)c1.I. The minimum atomic E-state index is 0. The maximum absolute atomic E-state index is 12.1. The highest BCUT2D eigenvalue weighted by atomic mass is 127. The van der Waals surface area contributed by atoms with Gasteiger partial charge in [-0.1, -0.05) is 31.9 Å². The zero-order valence-corrected chi connectivity index (χ0v) is 18.9. The Morgan fingerprint density at radius 3 is 2.70 bits per heavy atom. The van der Waals surface area contributed by atoms with Crippen LogP contribution in [0.3, 0.4) is 0 Å². The molecular formula is C21H33IN4O. The molecule has 1 spiro atoms. The summed E-state index contributed by atoms with van der Waals surface area (Å²) in [7, 11) is 1.86. The van der Waals surface area contributed by atoms with Gasteiger partial charge < -0.3 is 15.5 Å². The van der Waals surface area contributed by atoms with E-state index in [9.17, 15) is 4.79 Å². The average molecular weight is 484 g/mol. The van der Waals surface area contributed by atoms with Crippen LogP contribution in [0.4, 0.5) is 0 Å². The number of benzene rings is 1. The number of carbonyl (C=O) groups is 1. The monoisotopic (exact) mass is 484 g/mol. The first-order valence-corrected chi connectivity index (χ1v) is 9.98. The summed E-state index contributed by atoms with van der Waals surface area (Å²) in [6.07, 6.45) is 7.74. The fourth-order valence-corrected chi connectivity index (χ4v) is 4.33. The first-order chi connectivity index (χ1) is 12.7. The van der Waals surface area contributed by atoms with E-state index in [0.717, 1.165) is 36.6 Å². The Balaban J connectivity index is 0.00000261. The van der Waals surface area contributed by atoms with E-state index in [1.165, 1.54) is 32.1 Å². The van der Waals surface area contributed by atoms with Crippen LogP contribution in [0.25, 0.3) is 0 Å². The first-order valence-electron chi connectivity index (χ1n) is 9.98. The van der Waals surface area contributed by atoms with Crippen LogP contribution in [0.1, 0.15) is 61.4 Å². The Kier molecular flexibility index (Phi) is 8.38. The van der Waals surface area contributed by atoms with E-state index < -0.39 is 0 Å². The summed E-state index contributed by atoms with van der Waals surface area (Å²) in [6.45, 7) is 5.68. The zero-order chi connectivity index (χ0) is 18.4. The molecule has 1 aliphatic carbocycles. The smallest absolute Gasteiger partial charge is 0.251 e. The van der Waals surface area contributed by atoms with E-state index in [-0.39, 0.29) is 29.9 Å². The van der Waals surface area contributed by atoms with Gasteiger partial charge in [0.25, 0.3) is 5.91 Å². The lowest BCUT2D eigenvalue weighted by Gasteiger charge is -2.26. The van der Waals surface area contributed by atoms with Crippen molar-refractivity contribution in [2.24, 2.45) is 10.4 Å². The van der Waals surface area contributed by atoms with Gasteiger partial charge >= 0.3 is 0 Å². The highest BCUT2D eigenvalue weighted by Crippen LogP contribution is 2.45. The van der Waals surface area contributed by atoms with Crippen LogP contribution in [0, 0.1) is 5.41 Å². The summed E-state index contributed by atoms with van der Waals surface area (Å²) in [6, 6.07) is 7.84. The molecule has 1 heterocycles. The van der Waals surface area contributed by atoms with Gasteiger partial charge in [0.1, 0.15) is 0 Å². The van der Waals surface area contributed by atoms with Crippen LogP contribution in [0.15, 0.2) is 29.3 Å². The predicted octanol–water partition coefficient (Wildman–Crippen LogP) is 3.79. The molecule has 1 saturated heterocycles. The van der Waals surface area contributed by atoms with Crippen molar-refractivity contribution in [3.63, 3.8) is 0 Å². The minimum absolute atomic E-state index is 0. The summed E-state index contributed by atoms with van der Waals surface area (Å²) < 4.78 is 0.